The van der Waals surface area contributed by atoms with Crippen molar-refractivity contribution in [2.45, 2.75) is 26.1 Å². The maximum Gasteiger partial charge on any atom is 0.391 e. The summed E-state index contributed by atoms with van der Waals surface area (Å²) in [5, 5.41) is 20.7. The Labute approximate surface area is 218 Å². The van der Waals surface area contributed by atoms with Gasteiger partial charge in [-0.15, -0.1) is 0 Å². The molecule has 1 aromatic carbocycles. The Balaban J connectivity index is 1.83. The Morgan fingerprint density at radius 3 is 2.61 bits per heavy atom. The molecule has 0 aliphatic carbocycles. The van der Waals surface area contributed by atoms with Crippen molar-refractivity contribution in [3.05, 3.63) is 50.9 Å². The summed E-state index contributed by atoms with van der Waals surface area (Å²) in [6.07, 6.45) is -4.08. The lowest BCUT2D eigenvalue weighted by molar-refractivity contribution is -0.171. The Morgan fingerprint density at radius 1 is 1.29 bits per heavy atom. The molecular formula is C21H21F3N5O6PS2. The van der Waals surface area contributed by atoms with Gasteiger partial charge in [0.25, 0.3) is 5.56 Å². The van der Waals surface area contributed by atoms with E-state index in [0.717, 1.165) is 23.9 Å². The lowest BCUT2D eigenvalue weighted by Gasteiger charge is -2.23. The number of thiophene rings is 1. The van der Waals surface area contributed by atoms with Gasteiger partial charge in [0, 0.05) is 23.2 Å². The first kappa shape index (κ1) is 27.8. The third-order valence-electron chi connectivity index (χ3n) is 5.60. The molecular weight excluding hydrogens is 570 g/mol. The highest BCUT2D eigenvalue weighted by Gasteiger charge is 2.37. The van der Waals surface area contributed by atoms with Crippen LogP contribution in [0.5, 0.6) is 5.75 Å². The second-order valence-electron chi connectivity index (χ2n) is 8.57. The molecule has 0 saturated carbocycles. The highest BCUT2D eigenvalue weighted by atomic mass is 32.2. The van der Waals surface area contributed by atoms with Crippen molar-refractivity contribution in [2.24, 2.45) is 10.7 Å². The quantitative estimate of drug-likeness (QED) is 0.304. The summed E-state index contributed by atoms with van der Waals surface area (Å²) in [4.78, 5) is 24.0. The fraction of sp³-hybridized carbons (Fsp3) is 0.286. The van der Waals surface area contributed by atoms with Crippen molar-refractivity contribution in [3.8, 4) is 17.0 Å². The Bertz CT molecular complexity index is 1640. The van der Waals surface area contributed by atoms with Crippen LogP contribution in [0.25, 0.3) is 11.3 Å². The third kappa shape index (κ3) is 5.77. The molecule has 3 heterocycles. The topological polar surface area (TPSA) is 163 Å². The number of anilines is 2. The molecule has 0 spiro atoms. The lowest BCUT2D eigenvalue weighted by Crippen LogP contribution is -2.35. The molecule has 0 saturated heterocycles. The van der Waals surface area contributed by atoms with E-state index in [0.29, 0.717) is 5.56 Å². The number of aromatic nitrogens is 2. The fourth-order valence-electron chi connectivity index (χ4n) is 3.61. The van der Waals surface area contributed by atoms with E-state index in [1.807, 2.05) is 0 Å². The number of benzene rings is 1. The number of aromatic hydroxyl groups is 1. The molecule has 0 fully saturated rings. The first-order chi connectivity index (χ1) is 17.6. The maximum atomic E-state index is 13.3. The van der Waals surface area contributed by atoms with Crippen LogP contribution in [0.2, 0.25) is 0 Å². The van der Waals surface area contributed by atoms with Gasteiger partial charge < -0.3 is 15.3 Å². The van der Waals surface area contributed by atoms with E-state index in [4.69, 9.17) is 0 Å². The number of rotatable bonds is 7. The van der Waals surface area contributed by atoms with Gasteiger partial charge in [-0.3, -0.25) is 14.1 Å². The van der Waals surface area contributed by atoms with Crippen LogP contribution in [0, 0.1) is 5.92 Å². The molecule has 2 atom stereocenters. The third-order valence-corrected chi connectivity index (χ3v) is 8.36. The van der Waals surface area contributed by atoms with Crippen LogP contribution in [0.15, 0.2) is 44.6 Å². The predicted octanol–water partition coefficient (Wildman–Crippen LogP) is 3.32. The van der Waals surface area contributed by atoms with Gasteiger partial charge in [-0.05, 0) is 36.1 Å². The minimum atomic E-state index is -4.61. The summed E-state index contributed by atoms with van der Waals surface area (Å²) in [6.45, 7) is 0.510. The van der Waals surface area contributed by atoms with Crippen LogP contribution in [-0.2, 0) is 21.1 Å². The molecule has 204 valence electrons. The molecule has 2 aromatic heterocycles. The molecule has 2 unspecified atom stereocenters. The Hall–Kier alpha value is -3.20. The van der Waals surface area contributed by atoms with Gasteiger partial charge in [0.2, 0.25) is 10.0 Å². The number of alkyl halides is 3. The minimum absolute atomic E-state index is 0.00447. The van der Waals surface area contributed by atoms with E-state index in [9.17, 15) is 40.9 Å². The molecule has 11 nitrogen and oxygen atoms in total. The second kappa shape index (κ2) is 9.84. The average molecular weight is 592 g/mol. The standard InChI is InChI=1S/C21H21F3N5O6PS2/c1-11(21(22,23)24)5-7-29-20(31)16(18(30)17(26-29)12-6-8-37-10-12)19-25-14-4-3-13(28-38(2,34)35)9-15(14)36(32,33)27-19/h3-4,6,8-11,28,30H,5,7H2,1-2H3,(H2,25,27,32,33). The van der Waals surface area contributed by atoms with Crippen LogP contribution in [-0.4, -0.2) is 46.5 Å². The lowest BCUT2D eigenvalue weighted by atomic mass is 10.1. The highest BCUT2D eigenvalue weighted by Crippen LogP contribution is 2.47. The summed E-state index contributed by atoms with van der Waals surface area (Å²) in [6, 6.07) is 5.25. The van der Waals surface area contributed by atoms with E-state index in [1.165, 1.54) is 23.5 Å². The molecule has 0 radical (unpaired) electrons. The average Bonchev–Trinajstić information content (AvgIpc) is 3.31. The van der Waals surface area contributed by atoms with Crippen LogP contribution in [0.4, 0.5) is 24.5 Å². The molecule has 1 aliphatic rings. The van der Waals surface area contributed by atoms with Crippen molar-refractivity contribution in [1.29, 1.82) is 0 Å². The SMILES string of the molecule is CC(CCn1nc(-c2ccsc2)c(O)c(C2=NP(=O)(O)c3cc(NS(C)(=O)=O)ccc3N2)c1=O)C(F)(F)F. The normalized spacial score (nSPS) is 18.3. The molecule has 17 heteroatoms. The van der Waals surface area contributed by atoms with Crippen molar-refractivity contribution in [3.63, 3.8) is 0 Å². The van der Waals surface area contributed by atoms with Crippen LogP contribution in [0.1, 0.15) is 18.9 Å². The number of nitrogens with one attached hydrogen (secondary N) is 2. The van der Waals surface area contributed by atoms with Gasteiger partial charge in [-0.1, -0.05) is 6.92 Å². The van der Waals surface area contributed by atoms with Crippen molar-refractivity contribution >= 4 is 51.4 Å². The molecule has 38 heavy (non-hydrogen) atoms. The van der Waals surface area contributed by atoms with Crippen LogP contribution >= 0.6 is 18.9 Å². The number of fused-ring (bicyclic) bond motifs is 1. The van der Waals surface area contributed by atoms with Gasteiger partial charge in [0.15, 0.2) is 11.6 Å². The Kier molecular flexibility index (Phi) is 7.20. The summed E-state index contributed by atoms with van der Waals surface area (Å²) in [7, 11) is -8.30. The zero-order chi connectivity index (χ0) is 28.0. The highest BCUT2D eigenvalue weighted by molar-refractivity contribution is 7.92. The number of hydrogen-bond acceptors (Lipinski definition) is 8. The van der Waals surface area contributed by atoms with Crippen molar-refractivity contribution in [2.75, 3.05) is 16.3 Å². The second-order valence-corrected chi connectivity index (χ2v) is 12.9. The first-order valence-corrected chi connectivity index (χ1v) is 15.3. The zero-order valence-electron chi connectivity index (χ0n) is 19.7. The van der Waals surface area contributed by atoms with Gasteiger partial charge in [0.05, 0.1) is 23.2 Å². The summed E-state index contributed by atoms with van der Waals surface area (Å²) >= 11 is 1.25. The molecule has 3 aromatic rings. The summed E-state index contributed by atoms with van der Waals surface area (Å²) in [5.41, 5.74) is -1.35. The maximum absolute atomic E-state index is 13.3. The first-order valence-electron chi connectivity index (χ1n) is 10.8. The van der Waals surface area contributed by atoms with Crippen molar-refractivity contribution < 1.29 is 36.2 Å². The number of halogens is 3. The monoisotopic (exact) mass is 591 g/mol. The van der Waals surface area contributed by atoms with Gasteiger partial charge in [-0.2, -0.15) is 34.4 Å². The van der Waals surface area contributed by atoms with E-state index in [1.54, 1.807) is 16.8 Å². The number of sulfonamides is 1. The van der Waals surface area contributed by atoms with E-state index >= 15 is 0 Å². The molecule has 4 rings (SSSR count). The number of aryl methyl sites for hydroxylation is 1. The fourth-order valence-corrected chi connectivity index (χ4v) is 6.09. The van der Waals surface area contributed by atoms with Gasteiger partial charge in [0.1, 0.15) is 11.3 Å². The molecule has 0 bridgehead atoms. The molecule has 4 N–H and O–H groups in total. The summed E-state index contributed by atoms with van der Waals surface area (Å²) in [5.74, 6) is -2.92. The van der Waals surface area contributed by atoms with E-state index in [2.05, 4.69) is 19.9 Å². The Morgan fingerprint density at radius 2 is 2.00 bits per heavy atom. The van der Waals surface area contributed by atoms with Gasteiger partial charge in [-0.25, -0.2) is 13.1 Å². The number of amidine groups is 1. The van der Waals surface area contributed by atoms with E-state index in [-0.39, 0.29) is 22.4 Å². The minimum Gasteiger partial charge on any atom is -0.505 e. The summed E-state index contributed by atoms with van der Waals surface area (Å²) < 4.78 is 82.1. The smallest absolute Gasteiger partial charge is 0.391 e. The van der Waals surface area contributed by atoms with Crippen molar-refractivity contribution in [1.82, 2.24) is 9.78 Å². The number of nitrogens with zero attached hydrogens (tertiary/aromatic N) is 3. The molecule has 1 aliphatic heterocycles. The van der Waals surface area contributed by atoms with Crippen LogP contribution in [0.3, 0.4) is 0 Å². The van der Waals surface area contributed by atoms with Gasteiger partial charge >= 0.3 is 13.7 Å². The van der Waals surface area contributed by atoms with E-state index < -0.39 is 65.3 Å². The zero-order valence-corrected chi connectivity index (χ0v) is 22.2. The largest absolute Gasteiger partial charge is 0.505 e. The number of hydrogen-bond donors (Lipinski definition) is 4. The van der Waals surface area contributed by atoms with Crippen LogP contribution < -0.4 is 20.9 Å². The molecule has 0 amide bonds. The predicted molar refractivity (Wildman–Crippen MR) is 138 cm³/mol.